The standard InChI is InChI=1S/C15H15N3O3/c1-7-5-8(2)12-9(3)13(20-11(12)6-7)15(19)16-14-10(4)17-21-18-14/h5-6H,1-4H3,(H,16,18,19). The van der Waals surface area contributed by atoms with E-state index in [0.29, 0.717) is 17.1 Å². The third-order valence-electron chi connectivity index (χ3n) is 3.46. The van der Waals surface area contributed by atoms with Crippen molar-refractivity contribution in [2.75, 3.05) is 5.32 Å². The lowest BCUT2D eigenvalue weighted by Crippen LogP contribution is -2.13. The molecule has 6 nitrogen and oxygen atoms in total. The van der Waals surface area contributed by atoms with Crippen molar-refractivity contribution in [3.8, 4) is 0 Å². The van der Waals surface area contributed by atoms with Gasteiger partial charge in [0.25, 0.3) is 5.91 Å². The van der Waals surface area contributed by atoms with Crippen molar-refractivity contribution < 1.29 is 13.8 Å². The first-order valence-corrected chi connectivity index (χ1v) is 6.58. The van der Waals surface area contributed by atoms with Gasteiger partial charge in [0.15, 0.2) is 5.76 Å². The fourth-order valence-corrected chi connectivity index (χ4v) is 2.52. The van der Waals surface area contributed by atoms with Crippen LogP contribution in [0.3, 0.4) is 0 Å². The Morgan fingerprint density at radius 2 is 1.90 bits per heavy atom. The Morgan fingerprint density at radius 3 is 2.57 bits per heavy atom. The number of carbonyl (C=O) groups is 1. The van der Waals surface area contributed by atoms with Crippen molar-refractivity contribution in [1.29, 1.82) is 0 Å². The SMILES string of the molecule is Cc1cc(C)c2c(C)c(C(=O)Nc3nonc3C)oc2c1. The first-order valence-electron chi connectivity index (χ1n) is 6.58. The Labute approximate surface area is 121 Å². The van der Waals surface area contributed by atoms with Gasteiger partial charge in [-0.05, 0) is 50.0 Å². The Balaban J connectivity index is 2.04. The molecule has 2 heterocycles. The molecule has 0 aliphatic rings. The van der Waals surface area contributed by atoms with E-state index in [1.807, 2.05) is 26.8 Å². The molecule has 0 spiro atoms. The number of furan rings is 1. The van der Waals surface area contributed by atoms with Crippen LogP contribution in [-0.2, 0) is 0 Å². The largest absolute Gasteiger partial charge is 0.451 e. The van der Waals surface area contributed by atoms with Crippen molar-refractivity contribution in [2.24, 2.45) is 0 Å². The van der Waals surface area contributed by atoms with Gasteiger partial charge in [-0.3, -0.25) is 10.1 Å². The first-order chi connectivity index (χ1) is 9.97. The Morgan fingerprint density at radius 1 is 1.14 bits per heavy atom. The molecule has 0 radical (unpaired) electrons. The highest BCUT2D eigenvalue weighted by atomic mass is 16.6. The molecule has 0 bridgehead atoms. The average Bonchev–Trinajstić information content (AvgIpc) is 2.94. The Hall–Kier alpha value is -2.63. The van der Waals surface area contributed by atoms with Gasteiger partial charge in [-0.2, -0.15) is 0 Å². The maximum absolute atomic E-state index is 12.3. The summed E-state index contributed by atoms with van der Waals surface area (Å²) >= 11 is 0. The molecular weight excluding hydrogens is 270 g/mol. The van der Waals surface area contributed by atoms with Crippen LogP contribution in [0.1, 0.15) is 32.9 Å². The number of nitrogens with one attached hydrogen (secondary N) is 1. The number of hydrogen-bond acceptors (Lipinski definition) is 5. The predicted molar refractivity (Wildman–Crippen MR) is 77.4 cm³/mol. The molecule has 1 aromatic carbocycles. The van der Waals surface area contributed by atoms with Gasteiger partial charge in [0, 0.05) is 10.9 Å². The van der Waals surface area contributed by atoms with Crippen molar-refractivity contribution in [3.63, 3.8) is 0 Å². The van der Waals surface area contributed by atoms with Gasteiger partial charge in [-0.1, -0.05) is 11.2 Å². The second-order valence-corrected chi connectivity index (χ2v) is 5.16. The summed E-state index contributed by atoms with van der Waals surface area (Å²) in [4.78, 5) is 12.3. The highest BCUT2D eigenvalue weighted by Crippen LogP contribution is 2.29. The summed E-state index contributed by atoms with van der Waals surface area (Å²) in [6.07, 6.45) is 0. The van der Waals surface area contributed by atoms with Crippen molar-refractivity contribution >= 4 is 22.7 Å². The summed E-state index contributed by atoms with van der Waals surface area (Å²) in [5.41, 5.74) is 4.23. The lowest BCUT2D eigenvalue weighted by molar-refractivity contribution is 0.0997. The van der Waals surface area contributed by atoms with Gasteiger partial charge in [0.1, 0.15) is 11.3 Å². The van der Waals surface area contributed by atoms with Gasteiger partial charge in [0.2, 0.25) is 5.82 Å². The van der Waals surface area contributed by atoms with Crippen LogP contribution in [0.25, 0.3) is 11.0 Å². The fraction of sp³-hybridized carbons (Fsp3) is 0.267. The second-order valence-electron chi connectivity index (χ2n) is 5.16. The van der Waals surface area contributed by atoms with Gasteiger partial charge in [-0.25, -0.2) is 4.63 Å². The molecule has 21 heavy (non-hydrogen) atoms. The number of aryl methyl sites for hydroxylation is 4. The smallest absolute Gasteiger partial charge is 0.292 e. The van der Waals surface area contributed by atoms with Crippen LogP contribution in [0.5, 0.6) is 0 Å². The third-order valence-corrected chi connectivity index (χ3v) is 3.46. The van der Waals surface area contributed by atoms with Crippen LogP contribution in [-0.4, -0.2) is 16.2 Å². The van der Waals surface area contributed by atoms with E-state index in [1.165, 1.54) is 0 Å². The molecule has 1 amide bonds. The fourth-order valence-electron chi connectivity index (χ4n) is 2.52. The predicted octanol–water partition coefficient (Wildman–Crippen LogP) is 3.30. The zero-order chi connectivity index (χ0) is 15.1. The van der Waals surface area contributed by atoms with Gasteiger partial charge >= 0.3 is 0 Å². The minimum atomic E-state index is -0.362. The molecule has 2 aromatic heterocycles. The molecule has 0 saturated heterocycles. The number of fused-ring (bicyclic) bond motifs is 1. The lowest BCUT2D eigenvalue weighted by atomic mass is 10.0. The van der Waals surface area contributed by atoms with Crippen molar-refractivity contribution in [1.82, 2.24) is 10.3 Å². The summed E-state index contributed by atoms with van der Waals surface area (Å²) in [7, 11) is 0. The van der Waals surface area contributed by atoms with E-state index in [1.54, 1.807) is 6.92 Å². The van der Waals surface area contributed by atoms with E-state index in [9.17, 15) is 4.79 Å². The van der Waals surface area contributed by atoms with E-state index in [2.05, 4.69) is 26.3 Å². The zero-order valence-electron chi connectivity index (χ0n) is 12.3. The van der Waals surface area contributed by atoms with Crippen LogP contribution in [0.15, 0.2) is 21.2 Å². The molecule has 3 rings (SSSR count). The first kappa shape index (κ1) is 13.4. The maximum Gasteiger partial charge on any atom is 0.292 e. The number of amides is 1. The van der Waals surface area contributed by atoms with Gasteiger partial charge in [-0.15, -0.1) is 0 Å². The Kier molecular flexibility index (Phi) is 3.01. The summed E-state index contributed by atoms with van der Waals surface area (Å²) in [6.45, 7) is 7.57. The Bertz CT molecular complexity index is 845. The van der Waals surface area contributed by atoms with Crippen LogP contribution in [0.4, 0.5) is 5.82 Å². The molecule has 0 fully saturated rings. The highest BCUT2D eigenvalue weighted by molar-refractivity contribution is 6.06. The zero-order valence-corrected chi connectivity index (χ0v) is 12.3. The summed E-state index contributed by atoms with van der Waals surface area (Å²) < 4.78 is 10.3. The van der Waals surface area contributed by atoms with Gasteiger partial charge in [0.05, 0.1) is 0 Å². The minimum absolute atomic E-state index is 0.279. The third kappa shape index (κ3) is 2.18. The van der Waals surface area contributed by atoms with Crippen LogP contribution in [0, 0.1) is 27.7 Å². The van der Waals surface area contributed by atoms with E-state index in [-0.39, 0.29) is 11.7 Å². The normalized spacial score (nSPS) is 11.0. The van der Waals surface area contributed by atoms with E-state index in [0.717, 1.165) is 22.1 Å². The molecule has 6 heteroatoms. The van der Waals surface area contributed by atoms with Crippen molar-refractivity contribution in [2.45, 2.75) is 27.7 Å². The number of rotatable bonds is 2. The van der Waals surface area contributed by atoms with Crippen LogP contribution >= 0.6 is 0 Å². The summed E-state index contributed by atoms with van der Waals surface area (Å²) in [5, 5.41) is 10.9. The monoisotopic (exact) mass is 285 g/mol. The number of aromatic nitrogens is 2. The molecule has 1 N–H and O–H groups in total. The van der Waals surface area contributed by atoms with E-state index < -0.39 is 0 Å². The van der Waals surface area contributed by atoms with E-state index >= 15 is 0 Å². The highest BCUT2D eigenvalue weighted by Gasteiger charge is 2.21. The molecule has 0 aliphatic heterocycles. The summed E-state index contributed by atoms with van der Waals surface area (Å²) in [5.74, 6) is 0.216. The quantitative estimate of drug-likeness (QED) is 0.781. The van der Waals surface area contributed by atoms with Gasteiger partial charge < -0.3 is 4.42 Å². The number of hydrogen-bond donors (Lipinski definition) is 1. The average molecular weight is 285 g/mol. The van der Waals surface area contributed by atoms with Crippen LogP contribution < -0.4 is 5.32 Å². The topological polar surface area (TPSA) is 81.2 Å². The van der Waals surface area contributed by atoms with Crippen LogP contribution in [0.2, 0.25) is 0 Å². The molecular formula is C15H15N3O3. The van der Waals surface area contributed by atoms with E-state index in [4.69, 9.17) is 4.42 Å². The second kappa shape index (κ2) is 4.73. The number of nitrogens with zero attached hydrogens (tertiary/aromatic N) is 2. The molecule has 0 unspecified atom stereocenters. The molecule has 108 valence electrons. The molecule has 0 saturated carbocycles. The minimum Gasteiger partial charge on any atom is -0.451 e. The molecule has 0 aliphatic carbocycles. The summed E-state index contributed by atoms with van der Waals surface area (Å²) in [6, 6.07) is 3.99. The van der Waals surface area contributed by atoms with Crippen molar-refractivity contribution in [3.05, 3.63) is 40.3 Å². The molecule has 3 aromatic rings. The number of anilines is 1. The lowest BCUT2D eigenvalue weighted by Gasteiger charge is -1.99. The maximum atomic E-state index is 12.3. The number of benzene rings is 1. The molecule has 0 atom stereocenters. The number of carbonyl (C=O) groups excluding carboxylic acids is 1.